The van der Waals surface area contributed by atoms with Gasteiger partial charge in [0.2, 0.25) is 5.91 Å². The number of likely N-dealkylation sites (tertiary alicyclic amines) is 2. The van der Waals surface area contributed by atoms with E-state index >= 15 is 0 Å². The van der Waals surface area contributed by atoms with Gasteiger partial charge in [0.15, 0.2) is 0 Å². The topological polar surface area (TPSA) is 82.1 Å². The number of nitrogens with one attached hydrogen (secondary N) is 1. The summed E-state index contributed by atoms with van der Waals surface area (Å²) in [6, 6.07) is 9.91. The highest BCUT2D eigenvalue weighted by Gasteiger charge is 2.68. The molecule has 2 N–H and O–H groups in total. The first-order chi connectivity index (χ1) is 13.6. The highest BCUT2D eigenvalue weighted by atomic mass is 16.5. The standard InChI is InChI=1S/C21H29N3O4/c1-28-12-18(26)24-17(11-25)19(15-7-3-2-4-8-15)21(24)13-23(14-21)20(27)22-16-9-5-6-10-16/h2-4,7-8,16-17,19,25H,5-6,9-14H2,1H3,(H,22,27)/t17-,19+/m0/s1. The molecule has 2 saturated heterocycles. The van der Waals surface area contributed by atoms with E-state index in [0.717, 1.165) is 18.4 Å². The average Bonchev–Trinajstić information content (AvgIpc) is 3.14. The molecule has 1 aromatic carbocycles. The Bertz CT molecular complexity index is 714. The van der Waals surface area contributed by atoms with E-state index in [1.54, 1.807) is 9.80 Å². The van der Waals surface area contributed by atoms with Crippen LogP contribution in [0.25, 0.3) is 0 Å². The smallest absolute Gasteiger partial charge is 0.317 e. The number of aliphatic hydroxyl groups is 1. The number of methoxy groups -OCH3 is 1. The molecule has 1 spiro atoms. The minimum Gasteiger partial charge on any atom is -0.394 e. The third-order valence-electron chi connectivity index (χ3n) is 6.56. The minimum atomic E-state index is -0.461. The molecule has 1 aromatic rings. The molecule has 0 unspecified atom stereocenters. The van der Waals surface area contributed by atoms with Crippen molar-refractivity contribution in [1.82, 2.24) is 15.1 Å². The van der Waals surface area contributed by atoms with Crippen molar-refractivity contribution in [2.75, 3.05) is 33.4 Å². The van der Waals surface area contributed by atoms with Gasteiger partial charge in [-0.15, -0.1) is 0 Å². The third-order valence-corrected chi connectivity index (χ3v) is 6.56. The van der Waals surface area contributed by atoms with Gasteiger partial charge in [-0.3, -0.25) is 4.79 Å². The van der Waals surface area contributed by atoms with Crippen LogP contribution in [0.1, 0.15) is 37.2 Å². The number of urea groups is 1. The molecule has 152 valence electrons. The van der Waals surface area contributed by atoms with Crippen LogP contribution in [-0.4, -0.2) is 77.9 Å². The number of amides is 3. The van der Waals surface area contributed by atoms with Crippen LogP contribution >= 0.6 is 0 Å². The SMILES string of the molecule is COCC(=O)N1[C@@H](CO)[C@@H](c2ccccc2)C12CN(C(=O)NC1CCCC1)C2. The molecule has 1 aliphatic carbocycles. The molecule has 2 atom stereocenters. The van der Waals surface area contributed by atoms with Crippen molar-refractivity contribution in [3.8, 4) is 0 Å². The van der Waals surface area contributed by atoms with Crippen LogP contribution in [0.15, 0.2) is 30.3 Å². The summed E-state index contributed by atoms with van der Waals surface area (Å²) < 4.78 is 5.05. The predicted octanol–water partition coefficient (Wildman–Crippen LogP) is 1.33. The summed E-state index contributed by atoms with van der Waals surface area (Å²) in [6.07, 6.45) is 4.43. The van der Waals surface area contributed by atoms with Crippen LogP contribution < -0.4 is 5.32 Å². The van der Waals surface area contributed by atoms with Crippen molar-refractivity contribution in [3.05, 3.63) is 35.9 Å². The van der Waals surface area contributed by atoms with Gasteiger partial charge in [0, 0.05) is 32.2 Å². The van der Waals surface area contributed by atoms with E-state index in [4.69, 9.17) is 4.74 Å². The lowest BCUT2D eigenvalue weighted by molar-refractivity contribution is -0.196. The number of aliphatic hydroxyl groups excluding tert-OH is 1. The Morgan fingerprint density at radius 2 is 1.89 bits per heavy atom. The highest BCUT2D eigenvalue weighted by Crippen LogP contribution is 2.53. The Balaban J connectivity index is 1.53. The van der Waals surface area contributed by atoms with Crippen molar-refractivity contribution in [3.63, 3.8) is 0 Å². The summed E-state index contributed by atoms with van der Waals surface area (Å²) in [5.74, 6) is -0.125. The molecule has 0 aromatic heterocycles. The van der Waals surface area contributed by atoms with Gasteiger partial charge in [0.05, 0.1) is 18.2 Å². The maximum absolute atomic E-state index is 12.7. The molecule has 2 aliphatic heterocycles. The molecule has 0 bridgehead atoms. The minimum absolute atomic E-state index is 0.00929. The van der Waals surface area contributed by atoms with Crippen molar-refractivity contribution >= 4 is 11.9 Å². The van der Waals surface area contributed by atoms with Gasteiger partial charge in [0.25, 0.3) is 0 Å². The van der Waals surface area contributed by atoms with E-state index in [1.807, 2.05) is 30.3 Å². The maximum Gasteiger partial charge on any atom is 0.317 e. The normalized spacial score (nSPS) is 26.1. The van der Waals surface area contributed by atoms with E-state index in [-0.39, 0.29) is 43.2 Å². The van der Waals surface area contributed by atoms with Gasteiger partial charge in [-0.2, -0.15) is 0 Å². The second kappa shape index (κ2) is 7.72. The fourth-order valence-electron chi connectivity index (χ4n) is 5.35. The molecular weight excluding hydrogens is 358 g/mol. The second-order valence-electron chi connectivity index (χ2n) is 8.23. The molecule has 3 aliphatic rings. The van der Waals surface area contributed by atoms with Gasteiger partial charge >= 0.3 is 6.03 Å². The molecule has 7 heteroatoms. The van der Waals surface area contributed by atoms with E-state index < -0.39 is 5.54 Å². The van der Waals surface area contributed by atoms with Crippen LogP contribution in [0.2, 0.25) is 0 Å². The third kappa shape index (κ3) is 3.06. The molecule has 7 nitrogen and oxygen atoms in total. The monoisotopic (exact) mass is 387 g/mol. The van der Waals surface area contributed by atoms with Crippen LogP contribution in [0.3, 0.4) is 0 Å². The fourth-order valence-corrected chi connectivity index (χ4v) is 5.35. The zero-order chi connectivity index (χ0) is 19.7. The molecule has 28 heavy (non-hydrogen) atoms. The molecule has 2 heterocycles. The van der Waals surface area contributed by atoms with Crippen LogP contribution in [0, 0.1) is 0 Å². The molecule has 4 rings (SSSR count). The summed E-state index contributed by atoms with van der Waals surface area (Å²) in [5.41, 5.74) is 0.635. The van der Waals surface area contributed by atoms with Crippen molar-refractivity contribution in [1.29, 1.82) is 0 Å². The summed E-state index contributed by atoms with van der Waals surface area (Å²) in [4.78, 5) is 28.9. The Hall–Kier alpha value is -2.12. The molecule has 3 amide bonds. The number of ether oxygens (including phenoxy) is 1. The highest BCUT2D eigenvalue weighted by molar-refractivity contribution is 5.83. The molecule has 3 fully saturated rings. The van der Waals surface area contributed by atoms with Crippen LogP contribution in [0.5, 0.6) is 0 Å². The van der Waals surface area contributed by atoms with Gasteiger partial charge in [-0.25, -0.2) is 4.79 Å². The summed E-state index contributed by atoms with van der Waals surface area (Å²) in [5, 5.41) is 13.1. The quantitative estimate of drug-likeness (QED) is 0.799. The molecule has 1 saturated carbocycles. The Morgan fingerprint density at radius 3 is 2.50 bits per heavy atom. The number of hydrogen-bond acceptors (Lipinski definition) is 4. The van der Waals surface area contributed by atoms with Gasteiger partial charge in [-0.1, -0.05) is 43.2 Å². The van der Waals surface area contributed by atoms with E-state index in [9.17, 15) is 14.7 Å². The first-order valence-electron chi connectivity index (χ1n) is 10.1. The maximum atomic E-state index is 12.7. The van der Waals surface area contributed by atoms with Crippen LogP contribution in [0.4, 0.5) is 4.79 Å². The predicted molar refractivity (Wildman–Crippen MR) is 104 cm³/mol. The molecule has 0 radical (unpaired) electrons. The largest absolute Gasteiger partial charge is 0.394 e. The lowest BCUT2D eigenvalue weighted by Gasteiger charge is -2.70. The summed E-state index contributed by atoms with van der Waals surface area (Å²) in [6.45, 7) is 0.840. The first kappa shape index (κ1) is 19.2. The number of rotatable bonds is 5. The summed E-state index contributed by atoms with van der Waals surface area (Å²) in [7, 11) is 1.50. The molecular formula is C21H29N3O4. The zero-order valence-electron chi connectivity index (χ0n) is 16.3. The fraction of sp³-hybridized carbons (Fsp3) is 0.619. The van der Waals surface area contributed by atoms with E-state index in [2.05, 4.69) is 5.32 Å². The Morgan fingerprint density at radius 1 is 1.21 bits per heavy atom. The van der Waals surface area contributed by atoms with Crippen LogP contribution in [-0.2, 0) is 9.53 Å². The number of carbonyl (C=O) groups is 2. The van der Waals surface area contributed by atoms with Gasteiger partial charge < -0.3 is 25.0 Å². The van der Waals surface area contributed by atoms with Crippen molar-refractivity contribution < 1.29 is 19.4 Å². The lowest BCUT2D eigenvalue weighted by atomic mass is 9.60. The first-order valence-corrected chi connectivity index (χ1v) is 10.1. The number of carbonyl (C=O) groups excluding carboxylic acids is 2. The van der Waals surface area contributed by atoms with Gasteiger partial charge in [0.1, 0.15) is 6.61 Å². The number of nitrogens with zero attached hydrogens (tertiary/aromatic N) is 2. The summed E-state index contributed by atoms with van der Waals surface area (Å²) >= 11 is 0. The van der Waals surface area contributed by atoms with E-state index in [1.165, 1.54) is 20.0 Å². The number of hydrogen-bond donors (Lipinski definition) is 2. The number of benzene rings is 1. The van der Waals surface area contributed by atoms with E-state index in [0.29, 0.717) is 13.1 Å². The zero-order valence-corrected chi connectivity index (χ0v) is 16.3. The van der Waals surface area contributed by atoms with Crippen molar-refractivity contribution in [2.45, 2.75) is 49.2 Å². The second-order valence-corrected chi connectivity index (χ2v) is 8.23. The lowest BCUT2D eigenvalue weighted by Crippen LogP contribution is -2.86. The Labute approximate surface area is 165 Å². The average molecular weight is 387 g/mol. The van der Waals surface area contributed by atoms with Gasteiger partial charge in [-0.05, 0) is 18.4 Å². The van der Waals surface area contributed by atoms with Crippen molar-refractivity contribution in [2.24, 2.45) is 0 Å². The Kier molecular flexibility index (Phi) is 5.29.